The molecule has 0 spiro atoms. The Kier molecular flexibility index (Phi) is 8.31. The van der Waals surface area contributed by atoms with Gasteiger partial charge in [-0.25, -0.2) is 16.8 Å². The molecule has 0 bridgehead atoms. The van der Waals surface area contributed by atoms with Crippen LogP contribution in [0.1, 0.15) is 35.2 Å². The van der Waals surface area contributed by atoms with Gasteiger partial charge in [-0.2, -0.15) is 4.31 Å². The van der Waals surface area contributed by atoms with E-state index in [4.69, 9.17) is 16.3 Å². The van der Waals surface area contributed by atoms with Crippen LogP contribution in [0.5, 0.6) is 5.75 Å². The first-order valence-corrected chi connectivity index (χ1v) is 15.2. The van der Waals surface area contributed by atoms with Crippen molar-refractivity contribution in [2.75, 3.05) is 30.2 Å². The van der Waals surface area contributed by atoms with Gasteiger partial charge in [-0.1, -0.05) is 24.1 Å². The van der Waals surface area contributed by atoms with Gasteiger partial charge in [0.2, 0.25) is 10.0 Å². The third kappa shape index (κ3) is 6.12. The quantitative estimate of drug-likeness (QED) is 0.393. The van der Waals surface area contributed by atoms with Gasteiger partial charge in [-0.3, -0.25) is 9.52 Å². The number of anilines is 2. The third-order valence-electron chi connectivity index (χ3n) is 6.23. The van der Waals surface area contributed by atoms with E-state index in [0.29, 0.717) is 35.1 Å². The molecule has 0 atom stereocenters. The van der Waals surface area contributed by atoms with Crippen molar-refractivity contribution in [1.29, 1.82) is 0 Å². The number of halogens is 1. The second-order valence-corrected chi connectivity index (χ2v) is 12.9. The number of ether oxygens (including phenoxy) is 1. The predicted molar refractivity (Wildman–Crippen MR) is 147 cm³/mol. The first-order chi connectivity index (χ1) is 18.0. The average molecular weight is 578 g/mol. The van der Waals surface area contributed by atoms with E-state index in [1.54, 1.807) is 19.1 Å². The third-order valence-corrected chi connectivity index (χ3v) is 9.75. The van der Waals surface area contributed by atoms with Gasteiger partial charge >= 0.3 is 0 Å². The summed E-state index contributed by atoms with van der Waals surface area (Å²) in [7, 11) is -6.27. The minimum Gasteiger partial charge on any atom is -0.496 e. The summed E-state index contributed by atoms with van der Waals surface area (Å²) in [5.41, 5.74) is 1.43. The van der Waals surface area contributed by atoms with Crippen LogP contribution in [0.4, 0.5) is 11.4 Å². The van der Waals surface area contributed by atoms with Crippen LogP contribution in [-0.4, -0.2) is 47.2 Å². The maximum atomic E-state index is 13.1. The molecule has 3 aromatic carbocycles. The number of amides is 1. The van der Waals surface area contributed by atoms with E-state index >= 15 is 0 Å². The molecule has 38 heavy (non-hydrogen) atoms. The van der Waals surface area contributed by atoms with Crippen molar-refractivity contribution in [2.45, 2.75) is 36.0 Å². The fourth-order valence-corrected chi connectivity index (χ4v) is 6.94. The number of nitrogens with one attached hydrogen (secondary N) is 2. The number of piperidine rings is 1. The van der Waals surface area contributed by atoms with Gasteiger partial charge in [-0.15, -0.1) is 0 Å². The maximum absolute atomic E-state index is 13.1. The molecule has 1 aliphatic heterocycles. The van der Waals surface area contributed by atoms with Gasteiger partial charge in [0.25, 0.3) is 15.9 Å². The van der Waals surface area contributed by atoms with Gasteiger partial charge < -0.3 is 10.1 Å². The number of rotatable bonds is 8. The number of hydrogen-bond donors (Lipinski definition) is 2. The highest BCUT2D eigenvalue weighted by Gasteiger charge is 2.28. The summed E-state index contributed by atoms with van der Waals surface area (Å²) in [6, 6.07) is 14.7. The van der Waals surface area contributed by atoms with E-state index in [-0.39, 0.29) is 21.1 Å². The molecule has 1 saturated heterocycles. The van der Waals surface area contributed by atoms with E-state index < -0.39 is 26.0 Å². The first-order valence-electron chi connectivity index (χ1n) is 11.9. The molecule has 1 heterocycles. The molecule has 9 nitrogen and oxygen atoms in total. The Morgan fingerprint density at radius 3 is 2.21 bits per heavy atom. The van der Waals surface area contributed by atoms with Crippen LogP contribution in [0.3, 0.4) is 0 Å². The molecule has 2 N–H and O–H groups in total. The lowest BCUT2D eigenvalue weighted by Crippen LogP contribution is -2.35. The van der Waals surface area contributed by atoms with Gasteiger partial charge in [-0.05, 0) is 79.9 Å². The fourth-order valence-electron chi connectivity index (χ4n) is 4.10. The normalized spacial score (nSPS) is 14.6. The zero-order chi connectivity index (χ0) is 27.5. The van der Waals surface area contributed by atoms with E-state index in [1.165, 1.54) is 59.9 Å². The molecule has 3 aromatic rings. The Hall–Kier alpha value is -3.12. The Balaban J connectivity index is 1.53. The van der Waals surface area contributed by atoms with Crippen molar-refractivity contribution in [3.63, 3.8) is 0 Å². The molecular formula is C26H28ClN3O6S2. The summed E-state index contributed by atoms with van der Waals surface area (Å²) < 4.78 is 61.1. The lowest BCUT2D eigenvalue weighted by Gasteiger charge is -2.26. The van der Waals surface area contributed by atoms with Crippen LogP contribution < -0.4 is 14.8 Å². The molecular weight excluding hydrogens is 550 g/mol. The van der Waals surface area contributed by atoms with Crippen LogP contribution in [0.25, 0.3) is 0 Å². The van der Waals surface area contributed by atoms with Crippen molar-refractivity contribution in [1.82, 2.24) is 4.31 Å². The van der Waals surface area contributed by atoms with Gasteiger partial charge in [0.15, 0.2) is 0 Å². The molecule has 4 rings (SSSR count). The van der Waals surface area contributed by atoms with Crippen molar-refractivity contribution in [3.05, 3.63) is 76.8 Å². The summed E-state index contributed by atoms with van der Waals surface area (Å²) >= 11 is 5.99. The number of sulfonamides is 2. The highest BCUT2D eigenvalue weighted by molar-refractivity contribution is 7.92. The van der Waals surface area contributed by atoms with Crippen LogP contribution in [0.15, 0.2) is 70.5 Å². The van der Waals surface area contributed by atoms with Crippen molar-refractivity contribution >= 4 is 48.9 Å². The maximum Gasteiger partial charge on any atom is 0.261 e. The highest BCUT2D eigenvalue weighted by Crippen LogP contribution is 2.28. The van der Waals surface area contributed by atoms with Crippen molar-refractivity contribution in [3.8, 4) is 5.75 Å². The smallest absolute Gasteiger partial charge is 0.261 e. The standard InChI is InChI=1S/C26H28ClN3O6S2/c1-18-6-7-19(27)16-24(18)29-37(32,33)21-10-8-20(9-11-21)28-26(31)23-17-22(12-13-25(23)36-2)38(34,35)30-14-4-3-5-15-30/h6-13,16-17,29H,3-5,14-15H2,1-2H3,(H,28,31). The van der Waals surface area contributed by atoms with E-state index in [1.807, 2.05) is 0 Å². The molecule has 202 valence electrons. The number of carbonyl (C=O) groups is 1. The SMILES string of the molecule is COc1ccc(S(=O)(=O)N2CCCCC2)cc1C(=O)Nc1ccc(S(=O)(=O)Nc2cc(Cl)ccc2C)cc1. The van der Waals surface area contributed by atoms with Crippen molar-refractivity contribution in [2.24, 2.45) is 0 Å². The Bertz CT molecular complexity index is 1550. The van der Waals surface area contributed by atoms with Crippen LogP contribution >= 0.6 is 11.6 Å². The predicted octanol–water partition coefficient (Wildman–Crippen LogP) is 4.88. The number of carbonyl (C=O) groups excluding carboxylic acids is 1. The summed E-state index contributed by atoms with van der Waals surface area (Å²) in [6.45, 7) is 2.64. The number of aryl methyl sites for hydroxylation is 1. The molecule has 0 unspecified atom stereocenters. The molecule has 0 aliphatic carbocycles. The molecule has 0 aromatic heterocycles. The number of hydrogen-bond acceptors (Lipinski definition) is 6. The van der Waals surface area contributed by atoms with Crippen LogP contribution in [-0.2, 0) is 20.0 Å². The second kappa shape index (κ2) is 11.3. The topological polar surface area (TPSA) is 122 Å². The zero-order valence-electron chi connectivity index (χ0n) is 20.9. The second-order valence-electron chi connectivity index (χ2n) is 8.87. The van der Waals surface area contributed by atoms with Crippen LogP contribution in [0.2, 0.25) is 5.02 Å². The summed E-state index contributed by atoms with van der Waals surface area (Å²) in [6.07, 6.45) is 2.57. The summed E-state index contributed by atoms with van der Waals surface area (Å²) in [5.74, 6) is -0.388. The molecule has 1 fully saturated rings. The van der Waals surface area contributed by atoms with E-state index in [0.717, 1.165) is 19.3 Å². The molecule has 12 heteroatoms. The molecule has 0 radical (unpaired) electrons. The highest BCUT2D eigenvalue weighted by atomic mass is 35.5. The number of methoxy groups -OCH3 is 1. The minimum absolute atomic E-state index is 0.00849. The Labute approximate surface area is 227 Å². The Morgan fingerprint density at radius 1 is 0.895 bits per heavy atom. The number of benzene rings is 3. The zero-order valence-corrected chi connectivity index (χ0v) is 23.3. The average Bonchev–Trinajstić information content (AvgIpc) is 2.91. The van der Waals surface area contributed by atoms with Gasteiger partial charge in [0.05, 0.1) is 28.2 Å². The minimum atomic E-state index is -3.91. The number of nitrogens with zero attached hydrogens (tertiary/aromatic N) is 1. The van der Waals surface area contributed by atoms with Gasteiger partial charge in [0.1, 0.15) is 5.75 Å². The van der Waals surface area contributed by atoms with E-state index in [9.17, 15) is 21.6 Å². The van der Waals surface area contributed by atoms with Gasteiger partial charge in [0, 0.05) is 23.8 Å². The lowest BCUT2D eigenvalue weighted by atomic mass is 10.2. The lowest BCUT2D eigenvalue weighted by molar-refractivity contribution is 0.102. The van der Waals surface area contributed by atoms with E-state index in [2.05, 4.69) is 10.0 Å². The molecule has 0 saturated carbocycles. The summed E-state index contributed by atoms with van der Waals surface area (Å²) in [4.78, 5) is 13.1. The summed E-state index contributed by atoms with van der Waals surface area (Å²) in [5, 5.41) is 3.07. The molecule has 1 aliphatic rings. The van der Waals surface area contributed by atoms with Crippen LogP contribution in [0, 0.1) is 6.92 Å². The van der Waals surface area contributed by atoms with Crippen molar-refractivity contribution < 1.29 is 26.4 Å². The first kappa shape index (κ1) is 27.9. The molecule has 1 amide bonds. The monoisotopic (exact) mass is 577 g/mol. The largest absolute Gasteiger partial charge is 0.496 e. The Morgan fingerprint density at radius 2 is 1.55 bits per heavy atom. The fraction of sp³-hybridized carbons (Fsp3) is 0.269.